The molecule has 0 bridgehead atoms. The van der Waals surface area contributed by atoms with E-state index in [0.29, 0.717) is 11.1 Å². The Labute approximate surface area is 84.8 Å². The lowest BCUT2D eigenvalue weighted by atomic mass is 10.1. The Hall–Kier alpha value is -2.17. The molecule has 1 aromatic rings. The van der Waals surface area contributed by atoms with Gasteiger partial charge in [-0.2, -0.15) is 0 Å². The van der Waals surface area contributed by atoms with Gasteiger partial charge in [0.25, 0.3) is 6.04 Å². The molecule has 0 saturated carbocycles. The fraction of sp³-hybridized carbons (Fsp3) is 0.100. The molecule has 0 radical (unpaired) electrons. The summed E-state index contributed by atoms with van der Waals surface area (Å²) < 4.78 is 0. The lowest BCUT2D eigenvalue weighted by molar-refractivity contribution is -0.514. The van der Waals surface area contributed by atoms with Crippen LogP contribution in [0.1, 0.15) is 17.2 Å². The summed E-state index contributed by atoms with van der Waals surface area (Å²) in [4.78, 5) is 21.1. The van der Waals surface area contributed by atoms with Crippen LogP contribution in [0, 0.1) is 10.1 Å². The minimum Gasteiger partial charge on any atom is -0.478 e. The maximum atomic E-state index is 10.8. The van der Waals surface area contributed by atoms with Crippen LogP contribution in [-0.2, 0) is 4.79 Å². The summed E-state index contributed by atoms with van der Waals surface area (Å²) in [6.45, 7) is 0. The van der Waals surface area contributed by atoms with Crippen LogP contribution >= 0.6 is 0 Å². The number of carbonyl (C=O) groups is 1. The number of carboxylic acids is 1. The standard InChI is InChI=1S/C10H7NO4/c12-10(13)8-5-9(11(14)15)7-4-2-1-3-6(7)8/h1-5,9H,(H,12,13). The van der Waals surface area contributed by atoms with E-state index in [1.54, 1.807) is 24.3 Å². The minimum absolute atomic E-state index is 0.00676. The smallest absolute Gasteiger partial charge is 0.336 e. The van der Waals surface area contributed by atoms with Crippen LogP contribution < -0.4 is 0 Å². The second-order valence-corrected chi connectivity index (χ2v) is 3.20. The maximum absolute atomic E-state index is 10.8. The van der Waals surface area contributed by atoms with Crippen LogP contribution in [0.25, 0.3) is 5.57 Å². The SMILES string of the molecule is O=C(O)C1=CC([N+](=O)[O-])c2ccccc21. The molecule has 0 aliphatic heterocycles. The molecule has 0 amide bonds. The molecule has 5 heteroatoms. The summed E-state index contributed by atoms with van der Waals surface area (Å²) in [5, 5.41) is 19.6. The molecule has 1 aliphatic rings. The van der Waals surface area contributed by atoms with Gasteiger partial charge in [-0.05, 0) is 5.56 Å². The number of nitrogens with zero attached hydrogens (tertiary/aromatic N) is 1. The van der Waals surface area contributed by atoms with Crippen LogP contribution in [0.15, 0.2) is 30.3 Å². The van der Waals surface area contributed by atoms with Gasteiger partial charge in [-0.15, -0.1) is 0 Å². The largest absolute Gasteiger partial charge is 0.478 e. The highest BCUT2D eigenvalue weighted by Gasteiger charge is 2.33. The summed E-state index contributed by atoms with van der Waals surface area (Å²) >= 11 is 0. The predicted octanol–water partition coefficient (Wildman–Crippen LogP) is 1.49. The fourth-order valence-electron chi connectivity index (χ4n) is 1.70. The third-order valence-electron chi connectivity index (χ3n) is 2.35. The highest BCUT2D eigenvalue weighted by Crippen LogP contribution is 2.35. The Kier molecular flexibility index (Phi) is 2.00. The van der Waals surface area contributed by atoms with Crippen molar-refractivity contribution in [2.75, 3.05) is 0 Å². The van der Waals surface area contributed by atoms with Crippen molar-refractivity contribution in [3.05, 3.63) is 51.6 Å². The average Bonchev–Trinajstić information content (AvgIpc) is 2.56. The first kappa shape index (κ1) is 9.39. The molecule has 1 aliphatic carbocycles. The average molecular weight is 205 g/mol. The number of nitro groups is 1. The highest BCUT2D eigenvalue weighted by atomic mass is 16.6. The van der Waals surface area contributed by atoms with Crippen LogP contribution in [0.5, 0.6) is 0 Å². The third kappa shape index (κ3) is 1.38. The van der Waals surface area contributed by atoms with E-state index in [4.69, 9.17) is 5.11 Å². The van der Waals surface area contributed by atoms with Gasteiger partial charge < -0.3 is 5.11 Å². The van der Waals surface area contributed by atoms with Crippen LogP contribution in [-0.4, -0.2) is 16.0 Å². The Morgan fingerprint density at radius 3 is 2.67 bits per heavy atom. The van der Waals surface area contributed by atoms with E-state index in [0.717, 1.165) is 0 Å². The fourth-order valence-corrected chi connectivity index (χ4v) is 1.70. The van der Waals surface area contributed by atoms with Gasteiger partial charge in [-0.25, -0.2) is 4.79 Å². The van der Waals surface area contributed by atoms with Gasteiger partial charge in [-0.3, -0.25) is 10.1 Å². The molecule has 2 rings (SSSR count). The van der Waals surface area contributed by atoms with Gasteiger partial charge in [0, 0.05) is 16.6 Å². The first-order valence-corrected chi connectivity index (χ1v) is 4.29. The molecule has 0 aromatic heterocycles. The molecule has 1 unspecified atom stereocenters. The number of carboxylic acid groups (broad SMARTS) is 1. The number of benzene rings is 1. The topological polar surface area (TPSA) is 80.4 Å². The second kappa shape index (κ2) is 3.20. The van der Waals surface area contributed by atoms with Crippen LogP contribution in [0.2, 0.25) is 0 Å². The lowest BCUT2D eigenvalue weighted by Crippen LogP contribution is -2.05. The Bertz CT molecular complexity index is 478. The summed E-state index contributed by atoms with van der Waals surface area (Å²) in [7, 11) is 0. The summed E-state index contributed by atoms with van der Waals surface area (Å²) in [5.41, 5.74) is 0.888. The maximum Gasteiger partial charge on any atom is 0.336 e. The molecule has 1 aromatic carbocycles. The lowest BCUT2D eigenvalue weighted by Gasteiger charge is -2.02. The minimum atomic E-state index is -1.13. The summed E-state index contributed by atoms with van der Waals surface area (Å²) in [5.74, 6) is -1.13. The van der Waals surface area contributed by atoms with Crippen molar-refractivity contribution in [1.29, 1.82) is 0 Å². The monoisotopic (exact) mass is 205 g/mol. The molecule has 1 atom stereocenters. The number of aliphatic carboxylic acids is 1. The quantitative estimate of drug-likeness (QED) is 0.585. The van der Waals surface area contributed by atoms with E-state index in [-0.39, 0.29) is 5.57 Å². The van der Waals surface area contributed by atoms with E-state index in [2.05, 4.69) is 0 Å². The zero-order valence-corrected chi connectivity index (χ0v) is 7.58. The molecule has 15 heavy (non-hydrogen) atoms. The van der Waals surface area contributed by atoms with Crippen molar-refractivity contribution in [2.45, 2.75) is 6.04 Å². The third-order valence-corrected chi connectivity index (χ3v) is 2.35. The van der Waals surface area contributed by atoms with Gasteiger partial charge in [0.1, 0.15) is 0 Å². The van der Waals surface area contributed by atoms with Crippen molar-refractivity contribution >= 4 is 11.5 Å². The molecule has 0 spiro atoms. The molecule has 5 nitrogen and oxygen atoms in total. The van der Waals surface area contributed by atoms with Crippen molar-refractivity contribution < 1.29 is 14.8 Å². The molecular formula is C10H7NO4. The van der Waals surface area contributed by atoms with Gasteiger partial charge in [0.2, 0.25) is 0 Å². The van der Waals surface area contributed by atoms with E-state index >= 15 is 0 Å². The number of rotatable bonds is 2. The zero-order valence-electron chi connectivity index (χ0n) is 7.58. The molecule has 76 valence electrons. The normalized spacial score (nSPS) is 18.1. The first-order chi connectivity index (χ1) is 7.11. The number of hydrogen-bond donors (Lipinski definition) is 1. The molecule has 0 saturated heterocycles. The Balaban J connectivity index is 2.59. The van der Waals surface area contributed by atoms with Gasteiger partial charge in [0.05, 0.1) is 5.57 Å². The van der Waals surface area contributed by atoms with Crippen molar-refractivity contribution in [3.63, 3.8) is 0 Å². The van der Waals surface area contributed by atoms with E-state index < -0.39 is 16.9 Å². The van der Waals surface area contributed by atoms with E-state index in [1.165, 1.54) is 6.08 Å². The predicted molar refractivity (Wildman–Crippen MR) is 51.8 cm³/mol. The first-order valence-electron chi connectivity index (χ1n) is 4.29. The van der Waals surface area contributed by atoms with Crippen molar-refractivity contribution in [3.8, 4) is 0 Å². The van der Waals surface area contributed by atoms with E-state index in [9.17, 15) is 14.9 Å². The highest BCUT2D eigenvalue weighted by molar-refractivity contribution is 6.17. The van der Waals surface area contributed by atoms with Gasteiger partial charge >= 0.3 is 5.97 Å². The van der Waals surface area contributed by atoms with Crippen LogP contribution in [0.3, 0.4) is 0 Å². The van der Waals surface area contributed by atoms with Gasteiger partial charge in [0.15, 0.2) is 0 Å². The number of fused-ring (bicyclic) bond motifs is 1. The Morgan fingerprint density at radius 1 is 1.40 bits per heavy atom. The zero-order chi connectivity index (χ0) is 11.0. The summed E-state index contributed by atoms with van der Waals surface area (Å²) in [6.07, 6.45) is 1.17. The molecular weight excluding hydrogens is 198 g/mol. The van der Waals surface area contributed by atoms with Crippen molar-refractivity contribution in [2.24, 2.45) is 0 Å². The van der Waals surface area contributed by atoms with Crippen molar-refractivity contribution in [1.82, 2.24) is 0 Å². The second-order valence-electron chi connectivity index (χ2n) is 3.20. The van der Waals surface area contributed by atoms with E-state index in [1.807, 2.05) is 0 Å². The van der Waals surface area contributed by atoms with Crippen LogP contribution in [0.4, 0.5) is 0 Å². The number of hydrogen-bond acceptors (Lipinski definition) is 3. The molecule has 0 fully saturated rings. The summed E-state index contributed by atoms with van der Waals surface area (Å²) in [6, 6.07) is 5.45. The van der Waals surface area contributed by atoms with Gasteiger partial charge in [-0.1, -0.05) is 24.3 Å². The molecule has 0 heterocycles. The molecule has 1 N–H and O–H groups in total. The Morgan fingerprint density at radius 2 is 2.07 bits per heavy atom.